The van der Waals surface area contributed by atoms with Crippen LogP contribution in [0.1, 0.15) is 31.0 Å². The molecule has 0 saturated carbocycles. The number of rotatable bonds is 6. The molecule has 1 N–H and O–H groups in total. The summed E-state index contributed by atoms with van der Waals surface area (Å²) >= 11 is 0. The number of nitrogens with one attached hydrogen (secondary N) is 1. The highest BCUT2D eigenvalue weighted by molar-refractivity contribution is 5.34. The molecule has 1 aromatic carbocycles. The zero-order valence-electron chi connectivity index (χ0n) is 13.8. The molecular formula is C18H23N5. The largest absolute Gasteiger partial charge is 0.308 e. The molecule has 2 aromatic heterocycles. The van der Waals surface area contributed by atoms with Gasteiger partial charge in [-0.2, -0.15) is 5.10 Å². The lowest BCUT2D eigenvalue weighted by Crippen LogP contribution is -2.33. The topological polar surface area (TPSA) is 47.7 Å². The summed E-state index contributed by atoms with van der Waals surface area (Å²) in [7, 11) is 0. The predicted octanol–water partition coefficient (Wildman–Crippen LogP) is 3.12. The lowest BCUT2D eigenvalue weighted by atomic mass is 10.1. The summed E-state index contributed by atoms with van der Waals surface area (Å²) in [6.07, 6.45) is 9.53. The molecule has 2 unspecified atom stereocenters. The minimum Gasteiger partial charge on any atom is -0.308 e. The molecule has 3 aromatic rings. The van der Waals surface area contributed by atoms with Gasteiger partial charge in [-0.15, -0.1) is 0 Å². The third kappa shape index (κ3) is 3.68. The van der Waals surface area contributed by atoms with Gasteiger partial charge in [-0.25, -0.2) is 4.98 Å². The van der Waals surface area contributed by atoms with Crippen molar-refractivity contribution in [3.8, 4) is 5.69 Å². The van der Waals surface area contributed by atoms with Crippen molar-refractivity contribution in [2.24, 2.45) is 0 Å². The van der Waals surface area contributed by atoms with Crippen molar-refractivity contribution in [2.75, 3.05) is 0 Å². The van der Waals surface area contributed by atoms with Crippen LogP contribution in [-0.2, 0) is 6.54 Å². The van der Waals surface area contributed by atoms with Crippen LogP contribution in [0.4, 0.5) is 0 Å². The van der Waals surface area contributed by atoms with E-state index in [1.165, 1.54) is 11.1 Å². The minimum atomic E-state index is 0.314. The van der Waals surface area contributed by atoms with Crippen molar-refractivity contribution in [1.82, 2.24) is 24.6 Å². The number of aryl methyl sites for hydroxylation is 1. The molecular weight excluding hydrogens is 286 g/mol. The Kier molecular flexibility index (Phi) is 4.57. The van der Waals surface area contributed by atoms with Crippen molar-refractivity contribution >= 4 is 0 Å². The van der Waals surface area contributed by atoms with Gasteiger partial charge in [0.15, 0.2) is 0 Å². The minimum absolute atomic E-state index is 0.314. The fourth-order valence-electron chi connectivity index (χ4n) is 2.53. The third-order valence-electron chi connectivity index (χ3n) is 4.24. The first kappa shape index (κ1) is 15.5. The molecule has 120 valence electrons. The van der Waals surface area contributed by atoms with Crippen LogP contribution in [0.2, 0.25) is 0 Å². The van der Waals surface area contributed by atoms with Gasteiger partial charge in [0.05, 0.1) is 18.6 Å². The Bertz CT molecular complexity index is 727. The first-order valence-electron chi connectivity index (χ1n) is 7.95. The maximum atomic E-state index is 4.40. The number of benzene rings is 1. The first-order chi connectivity index (χ1) is 11.1. The fourth-order valence-corrected chi connectivity index (χ4v) is 2.53. The molecule has 3 rings (SSSR count). The van der Waals surface area contributed by atoms with Crippen LogP contribution in [0.5, 0.6) is 0 Å². The van der Waals surface area contributed by atoms with Crippen molar-refractivity contribution in [1.29, 1.82) is 0 Å². The lowest BCUT2D eigenvalue weighted by molar-refractivity contribution is 0.365. The Balaban J connectivity index is 1.57. The first-order valence-corrected chi connectivity index (χ1v) is 7.95. The van der Waals surface area contributed by atoms with Gasteiger partial charge < -0.3 is 9.88 Å². The van der Waals surface area contributed by atoms with Crippen LogP contribution in [0.25, 0.3) is 5.69 Å². The van der Waals surface area contributed by atoms with E-state index in [4.69, 9.17) is 0 Å². The summed E-state index contributed by atoms with van der Waals surface area (Å²) in [5, 5.41) is 7.98. The van der Waals surface area contributed by atoms with Gasteiger partial charge in [0.1, 0.15) is 0 Å². The molecule has 0 fully saturated rings. The fraction of sp³-hybridized carbons (Fsp3) is 0.333. The summed E-state index contributed by atoms with van der Waals surface area (Å²) in [5.74, 6) is 0. The van der Waals surface area contributed by atoms with Gasteiger partial charge in [-0.3, -0.25) is 4.68 Å². The Morgan fingerprint density at radius 2 is 1.96 bits per heavy atom. The normalized spacial score (nSPS) is 13.9. The SMILES string of the molecule is Cc1cnn(C(C)C(C)NCc2ccc(-n3ccnc3)cc2)c1. The smallest absolute Gasteiger partial charge is 0.0991 e. The van der Waals surface area contributed by atoms with E-state index in [0.29, 0.717) is 12.1 Å². The van der Waals surface area contributed by atoms with Crippen LogP contribution in [0.15, 0.2) is 55.4 Å². The molecule has 2 heterocycles. The van der Waals surface area contributed by atoms with Crippen molar-refractivity contribution in [3.63, 3.8) is 0 Å². The van der Waals surface area contributed by atoms with E-state index in [9.17, 15) is 0 Å². The summed E-state index contributed by atoms with van der Waals surface area (Å²) in [6.45, 7) is 7.29. The second-order valence-electron chi connectivity index (χ2n) is 6.04. The maximum absolute atomic E-state index is 4.40. The lowest BCUT2D eigenvalue weighted by Gasteiger charge is -2.22. The van der Waals surface area contributed by atoms with Crippen LogP contribution in [-0.4, -0.2) is 25.4 Å². The zero-order valence-corrected chi connectivity index (χ0v) is 13.8. The van der Waals surface area contributed by atoms with E-state index >= 15 is 0 Å². The summed E-state index contributed by atoms with van der Waals surface area (Å²) in [5.41, 5.74) is 3.59. The van der Waals surface area contributed by atoms with Gasteiger partial charge >= 0.3 is 0 Å². The second-order valence-corrected chi connectivity index (χ2v) is 6.04. The quantitative estimate of drug-likeness (QED) is 0.761. The Labute approximate surface area is 137 Å². The number of hydrogen-bond donors (Lipinski definition) is 1. The van der Waals surface area contributed by atoms with Crippen molar-refractivity contribution in [3.05, 3.63) is 66.5 Å². The molecule has 0 saturated heterocycles. The third-order valence-corrected chi connectivity index (χ3v) is 4.24. The van der Waals surface area contributed by atoms with E-state index in [1.54, 1.807) is 6.20 Å². The van der Waals surface area contributed by atoms with Gasteiger partial charge in [-0.1, -0.05) is 12.1 Å². The molecule has 5 heteroatoms. The Hall–Kier alpha value is -2.40. The molecule has 0 bridgehead atoms. The summed E-state index contributed by atoms with van der Waals surface area (Å²) in [6, 6.07) is 9.18. The molecule has 2 atom stereocenters. The Morgan fingerprint density at radius 1 is 1.17 bits per heavy atom. The molecule has 0 spiro atoms. The average Bonchev–Trinajstić information content (AvgIpc) is 3.24. The monoisotopic (exact) mass is 309 g/mol. The van der Waals surface area contributed by atoms with E-state index in [2.05, 4.69) is 66.6 Å². The molecule has 0 aliphatic heterocycles. The van der Waals surface area contributed by atoms with Gasteiger partial charge in [0.25, 0.3) is 0 Å². The predicted molar refractivity (Wildman–Crippen MR) is 91.5 cm³/mol. The highest BCUT2D eigenvalue weighted by Crippen LogP contribution is 2.13. The molecule has 0 aliphatic carbocycles. The summed E-state index contributed by atoms with van der Waals surface area (Å²) < 4.78 is 4.02. The molecule has 0 amide bonds. The molecule has 0 radical (unpaired) electrons. The molecule has 0 aliphatic rings. The van der Waals surface area contributed by atoms with Crippen LogP contribution < -0.4 is 5.32 Å². The molecule has 5 nitrogen and oxygen atoms in total. The average molecular weight is 309 g/mol. The Morgan fingerprint density at radius 3 is 2.57 bits per heavy atom. The molecule has 23 heavy (non-hydrogen) atoms. The van der Waals surface area contributed by atoms with Crippen molar-refractivity contribution in [2.45, 2.75) is 39.4 Å². The highest BCUT2D eigenvalue weighted by Gasteiger charge is 2.14. The van der Waals surface area contributed by atoms with Crippen LogP contribution in [0.3, 0.4) is 0 Å². The van der Waals surface area contributed by atoms with Gasteiger partial charge in [0, 0.05) is 36.9 Å². The van der Waals surface area contributed by atoms with Crippen LogP contribution in [0, 0.1) is 6.92 Å². The van der Waals surface area contributed by atoms with E-state index in [0.717, 1.165) is 12.2 Å². The van der Waals surface area contributed by atoms with E-state index < -0.39 is 0 Å². The second kappa shape index (κ2) is 6.79. The highest BCUT2D eigenvalue weighted by atomic mass is 15.3. The van der Waals surface area contributed by atoms with E-state index in [-0.39, 0.29) is 0 Å². The number of imidazole rings is 1. The number of hydrogen-bond acceptors (Lipinski definition) is 3. The maximum Gasteiger partial charge on any atom is 0.0991 e. The number of nitrogens with zero attached hydrogens (tertiary/aromatic N) is 4. The standard InChI is InChI=1S/C18H23N5/c1-14-10-21-23(12-14)16(3)15(2)20-11-17-4-6-18(7-5-17)22-9-8-19-13-22/h4-10,12-13,15-16,20H,11H2,1-3H3. The van der Waals surface area contributed by atoms with Crippen LogP contribution >= 0.6 is 0 Å². The van der Waals surface area contributed by atoms with E-state index in [1.807, 2.05) is 28.0 Å². The number of aromatic nitrogens is 4. The van der Waals surface area contributed by atoms with Gasteiger partial charge in [-0.05, 0) is 44.0 Å². The van der Waals surface area contributed by atoms with Crippen molar-refractivity contribution < 1.29 is 0 Å². The van der Waals surface area contributed by atoms with Gasteiger partial charge in [0.2, 0.25) is 0 Å². The zero-order chi connectivity index (χ0) is 16.2. The summed E-state index contributed by atoms with van der Waals surface area (Å²) in [4.78, 5) is 4.07.